The zero-order valence-corrected chi connectivity index (χ0v) is 14.3. The van der Waals surface area contributed by atoms with E-state index in [0.717, 1.165) is 0 Å². The summed E-state index contributed by atoms with van der Waals surface area (Å²) in [6.45, 7) is 2.01. The number of methoxy groups -OCH3 is 1. The Bertz CT molecular complexity index is 636. The maximum Gasteiger partial charge on any atom is 0.462 e. The van der Waals surface area contributed by atoms with Gasteiger partial charge in [-0.05, 0) is 35.0 Å². The molecule has 0 atom stereocenters. The van der Waals surface area contributed by atoms with Crippen LogP contribution in [0.5, 0.6) is 11.5 Å². The molecule has 0 saturated carbocycles. The summed E-state index contributed by atoms with van der Waals surface area (Å²) in [4.78, 5) is 0. The summed E-state index contributed by atoms with van der Waals surface area (Å²) < 4.78 is 98.0. The summed E-state index contributed by atoms with van der Waals surface area (Å²) in [7, 11) is 1.29. The number of benzene rings is 1. The van der Waals surface area contributed by atoms with Crippen LogP contribution in [0.25, 0.3) is 0 Å². The van der Waals surface area contributed by atoms with Gasteiger partial charge in [0.2, 0.25) is 0 Å². The molecule has 0 bridgehead atoms. The molecule has 0 amide bonds. The van der Waals surface area contributed by atoms with Gasteiger partial charge in [-0.1, -0.05) is 0 Å². The molecule has 1 aromatic carbocycles. The third kappa shape index (κ3) is 4.67. The first-order valence-electron chi connectivity index (χ1n) is 6.50. The Balaban J connectivity index is 3.03. The van der Waals surface area contributed by atoms with E-state index >= 15 is 0 Å². The number of hydrazone groups is 1. The molecule has 0 radical (unpaired) electrons. The van der Waals surface area contributed by atoms with E-state index in [9.17, 15) is 30.7 Å². The number of ether oxygens (including phenoxy) is 2. The third-order valence-corrected chi connectivity index (χ3v) is 3.43. The van der Waals surface area contributed by atoms with Crippen LogP contribution in [-0.2, 0) is 0 Å². The van der Waals surface area contributed by atoms with Crippen molar-refractivity contribution in [2.24, 2.45) is 5.10 Å². The predicted octanol–water partition coefficient (Wildman–Crippen LogP) is 4.57. The molecule has 0 aliphatic rings. The van der Waals surface area contributed by atoms with Crippen LogP contribution < -0.4 is 14.9 Å². The van der Waals surface area contributed by atoms with Gasteiger partial charge in [0.1, 0.15) is 0 Å². The Morgan fingerprint density at radius 2 is 1.72 bits per heavy atom. The molecule has 142 valence electrons. The number of alkyl halides is 7. The number of hydrogen-bond donors (Lipinski definition) is 1. The van der Waals surface area contributed by atoms with E-state index in [1.165, 1.54) is 19.2 Å². The zero-order chi connectivity index (χ0) is 19.5. The average molecular weight is 441 g/mol. The fourth-order valence-corrected chi connectivity index (χ4v) is 1.93. The highest BCUT2D eigenvalue weighted by atomic mass is 79.9. The summed E-state index contributed by atoms with van der Waals surface area (Å²) in [5.41, 5.74) is 0.600. The number of nitrogens with zero attached hydrogens (tertiary/aromatic N) is 1. The lowest BCUT2D eigenvalue weighted by Crippen LogP contribution is -2.58. The van der Waals surface area contributed by atoms with Crippen molar-refractivity contribution in [3.05, 3.63) is 22.2 Å². The van der Waals surface area contributed by atoms with Gasteiger partial charge in [-0.2, -0.15) is 35.8 Å². The lowest BCUT2D eigenvalue weighted by Gasteiger charge is -2.27. The quantitative estimate of drug-likeness (QED) is 0.292. The molecule has 12 heteroatoms. The van der Waals surface area contributed by atoms with Crippen molar-refractivity contribution < 1.29 is 40.2 Å². The molecule has 4 nitrogen and oxygen atoms in total. The van der Waals surface area contributed by atoms with Crippen LogP contribution in [0.1, 0.15) is 12.5 Å². The van der Waals surface area contributed by atoms with Gasteiger partial charge in [0.25, 0.3) is 0 Å². The SMILES string of the molecule is CCOc1cc(Br)c(/C=N/NC(F)(F)C(F)(F)C(F)(F)F)cc1OC. The van der Waals surface area contributed by atoms with Crippen molar-refractivity contribution in [1.82, 2.24) is 5.43 Å². The van der Waals surface area contributed by atoms with Crippen molar-refractivity contribution in [1.29, 1.82) is 0 Å². The van der Waals surface area contributed by atoms with Gasteiger partial charge in [0, 0.05) is 10.0 Å². The second kappa shape index (κ2) is 7.67. The van der Waals surface area contributed by atoms with E-state index in [1.54, 1.807) is 6.92 Å². The molecule has 25 heavy (non-hydrogen) atoms. The second-order valence-corrected chi connectivity index (χ2v) is 5.33. The first-order valence-corrected chi connectivity index (χ1v) is 7.29. The van der Waals surface area contributed by atoms with E-state index < -0.39 is 18.1 Å². The fourth-order valence-electron chi connectivity index (χ4n) is 1.51. The number of rotatable bonds is 7. The van der Waals surface area contributed by atoms with Crippen LogP contribution in [0.2, 0.25) is 0 Å². The van der Waals surface area contributed by atoms with Crippen LogP contribution in [0.3, 0.4) is 0 Å². The van der Waals surface area contributed by atoms with Crippen LogP contribution in [0, 0.1) is 0 Å². The normalized spacial score (nSPS) is 13.2. The largest absolute Gasteiger partial charge is 0.493 e. The maximum absolute atomic E-state index is 13.1. The number of halogens is 8. The van der Waals surface area contributed by atoms with Gasteiger partial charge in [0.05, 0.1) is 19.9 Å². The number of hydrogen-bond acceptors (Lipinski definition) is 4. The molecule has 0 aromatic heterocycles. The van der Waals surface area contributed by atoms with Gasteiger partial charge in [0.15, 0.2) is 11.5 Å². The van der Waals surface area contributed by atoms with Gasteiger partial charge in [-0.3, -0.25) is 0 Å². The Morgan fingerprint density at radius 1 is 1.12 bits per heavy atom. The molecule has 0 spiro atoms. The van der Waals surface area contributed by atoms with Gasteiger partial charge in [-0.15, -0.1) is 0 Å². The van der Waals surface area contributed by atoms with Crippen molar-refractivity contribution >= 4 is 22.1 Å². The Morgan fingerprint density at radius 3 is 2.20 bits per heavy atom. The monoisotopic (exact) mass is 440 g/mol. The molecule has 1 N–H and O–H groups in total. The number of nitrogens with one attached hydrogen (secondary N) is 1. The van der Waals surface area contributed by atoms with E-state index in [-0.39, 0.29) is 15.8 Å². The van der Waals surface area contributed by atoms with Crippen molar-refractivity contribution in [3.63, 3.8) is 0 Å². The standard InChI is InChI=1S/C13H12BrF7N2O2/c1-3-25-10-5-8(14)7(4-9(10)24-2)6-22-23-13(20,21)11(15,16)12(17,18)19/h4-6,23H,3H2,1-2H3/b22-6+. The highest BCUT2D eigenvalue weighted by molar-refractivity contribution is 9.10. The molecule has 0 saturated heterocycles. The summed E-state index contributed by atoms with van der Waals surface area (Å²) in [6, 6.07) is -2.98. The molecular formula is C13H12BrF7N2O2. The van der Waals surface area contributed by atoms with Crippen molar-refractivity contribution in [3.8, 4) is 11.5 Å². The van der Waals surface area contributed by atoms with Gasteiger partial charge in [-0.25, -0.2) is 5.43 Å². The summed E-state index contributed by atoms with van der Waals surface area (Å²) in [5.74, 6) is -5.82. The molecular weight excluding hydrogens is 429 g/mol. The average Bonchev–Trinajstić information content (AvgIpc) is 2.48. The molecule has 0 heterocycles. The molecule has 0 unspecified atom stereocenters. The lowest BCUT2D eigenvalue weighted by atomic mass is 10.2. The van der Waals surface area contributed by atoms with E-state index in [1.807, 2.05) is 0 Å². The van der Waals surface area contributed by atoms with Crippen LogP contribution >= 0.6 is 15.9 Å². The molecule has 1 aromatic rings. The molecule has 0 fully saturated rings. The van der Waals surface area contributed by atoms with E-state index in [4.69, 9.17) is 9.47 Å². The Labute approximate surface area is 146 Å². The van der Waals surface area contributed by atoms with Crippen LogP contribution in [0.4, 0.5) is 30.7 Å². The highest BCUT2D eigenvalue weighted by Gasteiger charge is 2.73. The first kappa shape index (κ1) is 21.3. The van der Waals surface area contributed by atoms with Crippen LogP contribution in [-0.4, -0.2) is 38.1 Å². The lowest BCUT2D eigenvalue weighted by molar-refractivity contribution is -0.361. The summed E-state index contributed by atoms with van der Waals surface area (Å²) >= 11 is 3.06. The van der Waals surface area contributed by atoms with Gasteiger partial charge >= 0.3 is 18.1 Å². The van der Waals surface area contributed by atoms with Crippen molar-refractivity contribution in [2.75, 3.05) is 13.7 Å². The molecule has 0 aliphatic carbocycles. The smallest absolute Gasteiger partial charge is 0.462 e. The Kier molecular flexibility index (Phi) is 6.54. The first-order chi connectivity index (χ1) is 11.4. The van der Waals surface area contributed by atoms with Crippen LogP contribution in [0.15, 0.2) is 21.7 Å². The zero-order valence-electron chi connectivity index (χ0n) is 12.7. The highest BCUT2D eigenvalue weighted by Crippen LogP contribution is 2.45. The van der Waals surface area contributed by atoms with Gasteiger partial charge < -0.3 is 9.47 Å². The minimum absolute atomic E-state index is 0.0685. The van der Waals surface area contributed by atoms with E-state index in [2.05, 4.69) is 21.0 Å². The molecule has 0 aliphatic heterocycles. The summed E-state index contributed by atoms with van der Waals surface area (Å²) in [5, 5.41) is 2.77. The summed E-state index contributed by atoms with van der Waals surface area (Å²) in [6.07, 6.45) is -5.81. The molecule has 1 rings (SSSR count). The predicted molar refractivity (Wildman–Crippen MR) is 78.5 cm³/mol. The Hall–Kier alpha value is -1.72. The third-order valence-electron chi connectivity index (χ3n) is 2.74. The second-order valence-electron chi connectivity index (χ2n) is 4.47. The maximum atomic E-state index is 13.1. The topological polar surface area (TPSA) is 42.8 Å². The minimum atomic E-state index is -6.44. The fraction of sp³-hybridized carbons (Fsp3) is 0.462. The van der Waals surface area contributed by atoms with Crippen molar-refractivity contribution in [2.45, 2.75) is 25.1 Å². The minimum Gasteiger partial charge on any atom is -0.493 e. The van der Waals surface area contributed by atoms with E-state index in [0.29, 0.717) is 24.0 Å².